The molecule has 0 saturated carbocycles. The number of rotatable bonds is 8. The van der Waals surface area contributed by atoms with Crippen molar-refractivity contribution in [3.63, 3.8) is 0 Å². The van der Waals surface area contributed by atoms with Crippen molar-refractivity contribution in [2.24, 2.45) is 0 Å². The number of aromatic nitrogens is 1. The summed E-state index contributed by atoms with van der Waals surface area (Å²) in [4.78, 5) is 31.8. The second-order valence-electron chi connectivity index (χ2n) is 11.2. The molecule has 1 aliphatic heterocycles. The van der Waals surface area contributed by atoms with Crippen LogP contribution in [0.25, 0.3) is 22.1 Å². The number of methoxy groups -OCH3 is 1. The molecule has 1 amide bonds. The predicted octanol–water partition coefficient (Wildman–Crippen LogP) is 7.34. The van der Waals surface area contributed by atoms with Gasteiger partial charge in [-0.3, -0.25) is 4.79 Å². The third-order valence-corrected chi connectivity index (χ3v) is 8.10. The highest BCUT2D eigenvalue weighted by Crippen LogP contribution is 2.31. The highest BCUT2D eigenvalue weighted by atomic mass is 16.5. The number of aryl methyl sites for hydroxylation is 2. The van der Waals surface area contributed by atoms with Crippen molar-refractivity contribution >= 4 is 34.4 Å². The van der Waals surface area contributed by atoms with Gasteiger partial charge in [0.2, 0.25) is 0 Å². The summed E-state index contributed by atoms with van der Waals surface area (Å²) < 4.78 is 16.9. The number of esters is 1. The molecule has 0 bridgehead atoms. The number of furan rings is 1. The zero-order valence-corrected chi connectivity index (χ0v) is 25.1. The standard InChI is InChI=1S/C36H35N3O5/c1-23-6-4-8-26(18-23)27-10-12-32-31(20-27)24(2)34(44-32)35(40)38-29-11-13-33(37-21-29)39-16-14-30(15-17-39)43-22-25-7-5-9-28(19-25)36(41)42-3/h4-13,18-21,30H,14-17,22H2,1-3H3,(H,38,40). The van der Waals surface area contributed by atoms with Gasteiger partial charge in [-0.25, -0.2) is 9.78 Å². The molecule has 44 heavy (non-hydrogen) atoms. The molecule has 1 N–H and O–H groups in total. The molecule has 1 aliphatic rings. The van der Waals surface area contributed by atoms with Crippen molar-refractivity contribution in [2.45, 2.75) is 39.4 Å². The Labute approximate surface area is 256 Å². The SMILES string of the molecule is COC(=O)c1cccc(COC2CCN(c3ccc(NC(=O)c4oc5ccc(-c6cccc(C)c6)cc5c4C)cn3)CC2)c1. The minimum Gasteiger partial charge on any atom is -0.465 e. The fourth-order valence-electron chi connectivity index (χ4n) is 5.65. The molecule has 8 nitrogen and oxygen atoms in total. The average molecular weight is 590 g/mol. The fourth-order valence-corrected chi connectivity index (χ4v) is 5.65. The Balaban J connectivity index is 1.04. The second kappa shape index (κ2) is 12.7. The van der Waals surface area contributed by atoms with E-state index in [1.54, 1.807) is 12.3 Å². The minimum absolute atomic E-state index is 0.131. The van der Waals surface area contributed by atoms with Crippen LogP contribution < -0.4 is 10.2 Å². The van der Waals surface area contributed by atoms with E-state index in [-0.39, 0.29) is 18.0 Å². The number of fused-ring (bicyclic) bond motifs is 1. The number of carbonyl (C=O) groups is 2. The van der Waals surface area contributed by atoms with Gasteiger partial charge in [0.25, 0.3) is 5.91 Å². The van der Waals surface area contributed by atoms with Crippen LogP contribution in [0.3, 0.4) is 0 Å². The zero-order valence-electron chi connectivity index (χ0n) is 25.1. The number of nitrogens with zero attached hydrogens (tertiary/aromatic N) is 2. The molecule has 0 radical (unpaired) electrons. The summed E-state index contributed by atoms with van der Waals surface area (Å²) in [6.45, 7) is 6.06. The van der Waals surface area contributed by atoms with E-state index < -0.39 is 0 Å². The topological polar surface area (TPSA) is 93.9 Å². The second-order valence-corrected chi connectivity index (χ2v) is 11.2. The lowest BCUT2D eigenvalue weighted by atomic mass is 10.0. The quantitative estimate of drug-likeness (QED) is 0.189. The number of ether oxygens (including phenoxy) is 2. The Morgan fingerprint density at radius 2 is 1.75 bits per heavy atom. The van der Waals surface area contributed by atoms with E-state index in [1.807, 2.05) is 55.5 Å². The number of piperidine rings is 1. The van der Waals surface area contributed by atoms with Gasteiger partial charge in [0.05, 0.1) is 37.3 Å². The molecule has 0 spiro atoms. The van der Waals surface area contributed by atoms with E-state index in [0.717, 1.165) is 59.4 Å². The summed E-state index contributed by atoms with van der Waals surface area (Å²) in [7, 11) is 1.38. The normalized spacial score (nSPS) is 13.7. The lowest BCUT2D eigenvalue weighted by Crippen LogP contribution is -2.37. The van der Waals surface area contributed by atoms with E-state index in [0.29, 0.717) is 29.2 Å². The van der Waals surface area contributed by atoms with Crippen molar-refractivity contribution in [3.05, 3.63) is 113 Å². The number of carbonyl (C=O) groups excluding carboxylic acids is 2. The predicted molar refractivity (Wildman–Crippen MR) is 171 cm³/mol. The summed E-state index contributed by atoms with van der Waals surface area (Å²) in [5.41, 5.74) is 6.96. The van der Waals surface area contributed by atoms with Crippen LogP contribution in [0.2, 0.25) is 0 Å². The van der Waals surface area contributed by atoms with E-state index in [9.17, 15) is 9.59 Å². The Bertz CT molecular complexity index is 1800. The van der Waals surface area contributed by atoms with E-state index in [4.69, 9.17) is 13.9 Å². The molecule has 3 heterocycles. The van der Waals surface area contributed by atoms with Crippen LogP contribution in [0.4, 0.5) is 11.5 Å². The molecule has 6 rings (SSSR count). The lowest BCUT2D eigenvalue weighted by Gasteiger charge is -2.32. The van der Waals surface area contributed by atoms with E-state index in [1.165, 1.54) is 12.7 Å². The minimum atomic E-state index is -0.351. The number of hydrogen-bond acceptors (Lipinski definition) is 7. The van der Waals surface area contributed by atoms with Gasteiger partial charge in [0.1, 0.15) is 11.4 Å². The largest absolute Gasteiger partial charge is 0.465 e. The molecule has 3 aromatic carbocycles. The van der Waals surface area contributed by atoms with Crippen molar-refractivity contribution < 1.29 is 23.5 Å². The lowest BCUT2D eigenvalue weighted by molar-refractivity contribution is 0.0250. The molecule has 5 aromatic rings. The number of anilines is 2. The zero-order chi connectivity index (χ0) is 30.6. The molecule has 0 aliphatic carbocycles. The van der Waals surface area contributed by atoms with Crippen LogP contribution >= 0.6 is 0 Å². The van der Waals surface area contributed by atoms with Gasteiger partial charge >= 0.3 is 5.97 Å². The van der Waals surface area contributed by atoms with Crippen LogP contribution in [-0.2, 0) is 16.1 Å². The number of pyridine rings is 1. The summed E-state index contributed by atoms with van der Waals surface area (Å²) in [5.74, 6) is 0.497. The first-order chi connectivity index (χ1) is 21.4. The summed E-state index contributed by atoms with van der Waals surface area (Å²) in [6.07, 6.45) is 3.55. The maximum Gasteiger partial charge on any atom is 0.337 e. The van der Waals surface area contributed by atoms with Crippen LogP contribution in [0, 0.1) is 13.8 Å². The number of hydrogen-bond donors (Lipinski definition) is 1. The Kier molecular flexibility index (Phi) is 8.43. The van der Waals surface area contributed by atoms with Crippen molar-refractivity contribution in [2.75, 3.05) is 30.4 Å². The van der Waals surface area contributed by atoms with Crippen molar-refractivity contribution in [1.82, 2.24) is 4.98 Å². The Morgan fingerprint density at radius 3 is 2.50 bits per heavy atom. The molecule has 0 unspecified atom stereocenters. The molecule has 1 fully saturated rings. The molecular weight excluding hydrogens is 554 g/mol. The van der Waals surface area contributed by atoms with Gasteiger partial charge in [-0.15, -0.1) is 0 Å². The van der Waals surface area contributed by atoms with Gasteiger partial charge in [-0.1, -0.05) is 48.0 Å². The van der Waals surface area contributed by atoms with Crippen LogP contribution in [0.5, 0.6) is 0 Å². The van der Waals surface area contributed by atoms with Gasteiger partial charge in [0.15, 0.2) is 5.76 Å². The molecule has 1 saturated heterocycles. The van der Waals surface area contributed by atoms with Crippen LogP contribution in [0.1, 0.15) is 50.4 Å². The summed E-state index contributed by atoms with van der Waals surface area (Å²) >= 11 is 0. The Hall–Kier alpha value is -4.95. The van der Waals surface area contributed by atoms with E-state index >= 15 is 0 Å². The first-order valence-corrected chi connectivity index (χ1v) is 14.8. The summed E-state index contributed by atoms with van der Waals surface area (Å²) in [6, 6.07) is 25.5. The molecule has 2 aromatic heterocycles. The summed E-state index contributed by atoms with van der Waals surface area (Å²) in [5, 5.41) is 3.86. The highest BCUT2D eigenvalue weighted by molar-refractivity contribution is 6.06. The molecular formula is C36H35N3O5. The third-order valence-electron chi connectivity index (χ3n) is 8.10. The first kappa shape index (κ1) is 29.1. The number of benzene rings is 3. The smallest absolute Gasteiger partial charge is 0.337 e. The maximum absolute atomic E-state index is 13.2. The van der Waals surface area contributed by atoms with Gasteiger partial charge < -0.3 is 24.1 Å². The molecule has 224 valence electrons. The van der Waals surface area contributed by atoms with Crippen molar-refractivity contribution in [3.8, 4) is 11.1 Å². The fraction of sp³-hybridized carbons (Fsp3) is 0.250. The van der Waals surface area contributed by atoms with E-state index in [2.05, 4.69) is 46.4 Å². The number of nitrogens with one attached hydrogen (secondary N) is 1. The monoisotopic (exact) mass is 589 g/mol. The molecule has 8 heteroatoms. The van der Waals surface area contributed by atoms with Crippen LogP contribution in [0.15, 0.2) is 89.5 Å². The highest BCUT2D eigenvalue weighted by Gasteiger charge is 2.22. The van der Waals surface area contributed by atoms with Crippen molar-refractivity contribution in [1.29, 1.82) is 0 Å². The van der Waals surface area contributed by atoms with Gasteiger partial charge in [-0.2, -0.15) is 0 Å². The van der Waals surface area contributed by atoms with Crippen LogP contribution in [-0.4, -0.2) is 43.2 Å². The van der Waals surface area contributed by atoms with Gasteiger partial charge in [-0.05, 0) is 79.8 Å². The number of amides is 1. The Morgan fingerprint density at radius 1 is 0.955 bits per heavy atom. The first-order valence-electron chi connectivity index (χ1n) is 14.8. The maximum atomic E-state index is 13.2. The molecule has 0 atom stereocenters. The average Bonchev–Trinajstić information content (AvgIpc) is 3.39. The van der Waals surface area contributed by atoms with Gasteiger partial charge in [0, 0.05) is 24.0 Å². The third kappa shape index (κ3) is 6.35.